The fourth-order valence-electron chi connectivity index (χ4n) is 8.65. The fraction of sp³-hybridized carbons (Fsp3) is 0.673. The van der Waals surface area contributed by atoms with E-state index >= 15 is 0 Å². The Labute approximate surface area is 436 Å². The van der Waals surface area contributed by atoms with Crippen molar-refractivity contribution in [1.82, 2.24) is 9.80 Å². The highest BCUT2D eigenvalue weighted by molar-refractivity contribution is 7.15. The van der Waals surface area contributed by atoms with Crippen LogP contribution in [-0.2, 0) is 44.5 Å². The number of thiophene rings is 2. The maximum Gasteiger partial charge on any atom is 0.350 e. The molecule has 0 aromatic carbocycles. The predicted octanol–water partition coefficient (Wildman–Crippen LogP) is 9.89. The van der Waals surface area contributed by atoms with E-state index in [0.29, 0.717) is 85.3 Å². The quantitative estimate of drug-likeness (QED) is 0.128. The summed E-state index contributed by atoms with van der Waals surface area (Å²) in [6.45, 7) is 24.6. The van der Waals surface area contributed by atoms with Gasteiger partial charge in [0.15, 0.2) is 0 Å². The predicted molar refractivity (Wildman–Crippen MR) is 282 cm³/mol. The van der Waals surface area contributed by atoms with Gasteiger partial charge in [-0.3, -0.25) is 24.1 Å². The highest BCUT2D eigenvalue weighted by atomic mass is 35.5. The van der Waals surface area contributed by atoms with Crippen molar-refractivity contribution >= 4 is 74.9 Å². The van der Waals surface area contributed by atoms with Gasteiger partial charge in [-0.15, -0.1) is 22.7 Å². The zero-order chi connectivity index (χ0) is 52.6. The lowest BCUT2D eigenvalue weighted by Gasteiger charge is -2.37. The van der Waals surface area contributed by atoms with Crippen LogP contribution in [0.3, 0.4) is 0 Å². The van der Waals surface area contributed by atoms with Crippen molar-refractivity contribution in [2.45, 2.75) is 133 Å². The van der Waals surface area contributed by atoms with Gasteiger partial charge in [-0.25, -0.2) is 9.59 Å². The van der Waals surface area contributed by atoms with E-state index < -0.39 is 12.0 Å². The number of esters is 2. The molecule has 13 nitrogen and oxygen atoms in total. The third kappa shape index (κ3) is 18.6. The van der Waals surface area contributed by atoms with Crippen LogP contribution in [0.15, 0.2) is 12.1 Å². The van der Waals surface area contributed by atoms with Gasteiger partial charge in [-0.2, -0.15) is 0 Å². The Kier molecular flexibility index (Phi) is 23.1. The van der Waals surface area contributed by atoms with Crippen LogP contribution in [0.5, 0.6) is 0 Å². The number of anilines is 1. The Morgan fingerprint density at radius 2 is 1.10 bits per heavy atom. The van der Waals surface area contributed by atoms with Crippen molar-refractivity contribution in [2.24, 2.45) is 40.4 Å². The number of ether oxygens (including phenoxy) is 4. The number of nitrogens with zero attached hydrogens (tertiary/aromatic N) is 3. The second kappa shape index (κ2) is 27.7. The highest BCUT2D eigenvalue weighted by Gasteiger charge is 2.39. The number of hydrogen-bond donors (Lipinski definition) is 0. The van der Waals surface area contributed by atoms with Gasteiger partial charge in [0.25, 0.3) is 0 Å². The molecule has 0 bridgehead atoms. The van der Waals surface area contributed by atoms with Crippen molar-refractivity contribution in [1.29, 1.82) is 0 Å². The summed E-state index contributed by atoms with van der Waals surface area (Å²) >= 11 is 7.90. The lowest BCUT2D eigenvalue weighted by molar-refractivity contribution is -0.139. The topological polar surface area (TPSA) is 149 Å². The minimum atomic E-state index is -0.763. The second-order valence-corrected chi connectivity index (χ2v) is 23.8. The third-order valence-corrected chi connectivity index (χ3v) is 15.3. The molecule has 0 N–H and O–H groups in total. The molecule has 2 aliphatic carbocycles. The van der Waals surface area contributed by atoms with E-state index in [0.717, 1.165) is 54.9 Å². The van der Waals surface area contributed by atoms with Crippen LogP contribution in [0.4, 0.5) is 5.69 Å². The van der Waals surface area contributed by atoms with Crippen molar-refractivity contribution in [2.75, 3.05) is 71.7 Å². The average Bonchev–Trinajstić information content (AvgIpc) is 3.96. The number of amides is 3. The van der Waals surface area contributed by atoms with E-state index in [-0.39, 0.29) is 57.5 Å². The average molecular weight is 1040 g/mol. The first kappa shape index (κ1) is 59.3. The van der Waals surface area contributed by atoms with Crippen LogP contribution >= 0.6 is 34.3 Å². The number of halogens is 1. The molecular formula is C55H78ClN3O10S2. The van der Waals surface area contributed by atoms with Crippen LogP contribution in [0, 0.1) is 64.1 Å². The molecular weight excluding hydrogens is 962 g/mol. The molecule has 392 valence electrons. The molecule has 2 aromatic rings. The fourth-order valence-corrected chi connectivity index (χ4v) is 10.7. The minimum Gasteiger partial charge on any atom is -0.465 e. The van der Waals surface area contributed by atoms with Crippen molar-refractivity contribution in [3.63, 3.8) is 0 Å². The van der Waals surface area contributed by atoms with Crippen LogP contribution in [0.2, 0.25) is 0 Å². The zero-order valence-electron chi connectivity index (χ0n) is 44.3. The standard InChI is InChI=1S/C27H38N2O5S.C20H27NO4S.C8H13ClO/c1-18-7-9-20(10-8-18)25(31)29(19(2)24(30)28-13-15-34-16-14-28)22-17-21(11-12-27(3,4)5)35-23(22)26(32)33-6;1-14(18(22)21-8-10-25-11-9-21)12-15-13-16(6-7-20(2,3)4)26-17(15)19(23)24-5;1-6-2-4-7(5-3-6)8(9)10/h17-20H,7-10,13-16H2,1-6H3;13-14H,8-12H2,1-5H3;6-7H,2-5H2,1H3/t18?,19-,20?;14-;/m01./s1. The van der Waals surface area contributed by atoms with Gasteiger partial charge < -0.3 is 28.7 Å². The number of morpholine rings is 2. The van der Waals surface area contributed by atoms with Gasteiger partial charge in [0.05, 0.1) is 56.1 Å². The summed E-state index contributed by atoms with van der Waals surface area (Å²) in [5, 5.41) is -0.132. The first-order valence-corrected chi connectivity index (χ1v) is 27.2. The number of methoxy groups -OCH3 is 2. The maximum atomic E-state index is 14.0. The van der Waals surface area contributed by atoms with E-state index in [1.165, 1.54) is 49.7 Å². The Morgan fingerprint density at radius 1 is 0.676 bits per heavy atom. The first-order valence-electron chi connectivity index (χ1n) is 25.2. The molecule has 4 aliphatic rings. The summed E-state index contributed by atoms with van der Waals surface area (Å²) in [6, 6.07) is 2.92. The summed E-state index contributed by atoms with van der Waals surface area (Å²) in [5.41, 5.74) is 0.908. The molecule has 16 heteroatoms. The Bertz CT molecular complexity index is 2260. The van der Waals surface area contributed by atoms with Crippen LogP contribution in [0.25, 0.3) is 0 Å². The molecule has 2 atom stereocenters. The molecule has 2 aromatic heterocycles. The molecule has 3 amide bonds. The van der Waals surface area contributed by atoms with E-state index in [4.69, 9.17) is 30.5 Å². The number of carbonyl (C=O) groups is 6. The van der Waals surface area contributed by atoms with Gasteiger partial charge in [0.1, 0.15) is 15.8 Å². The van der Waals surface area contributed by atoms with Crippen molar-refractivity contribution < 1.29 is 47.7 Å². The SMILES string of the molecule is CC1CCC(C(=O)Cl)CC1.COC(=O)c1sc(C#CC(C)(C)C)cc1C[C@@H](C)C(=O)N1CCOCC1.COC(=O)c1sc(C#CC(C)(C)C)cc1N(C(=O)C1CCC(C)CC1)[C@@H](C)C(=O)N1CCOCC1. The number of hydrogen-bond acceptors (Lipinski definition) is 12. The van der Waals surface area contributed by atoms with E-state index in [9.17, 15) is 28.8 Å². The summed E-state index contributed by atoms with van der Waals surface area (Å²) in [5.74, 6) is 12.8. The molecule has 6 rings (SSSR count). The smallest absolute Gasteiger partial charge is 0.350 e. The van der Waals surface area contributed by atoms with Crippen LogP contribution in [0.1, 0.15) is 155 Å². The number of rotatable bonds is 10. The molecule has 2 saturated heterocycles. The Morgan fingerprint density at radius 3 is 1.55 bits per heavy atom. The summed E-state index contributed by atoms with van der Waals surface area (Å²) < 4.78 is 20.7. The van der Waals surface area contributed by atoms with Crippen LogP contribution in [-0.4, -0.2) is 118 Å². The maximum absolute atomic E-state index is 14.0. The zero-order valence-corrected chi connectivity index (χ0v) is 46.6. The highest BCUT2D eigenvalue weighted by Crippen LogP contribution is 2.37. The summed E-state index contributed by atoms with van der Waals surface area (Å²) in [4.78, 5) is 83.1. The minimum absolute atomic E-state index is 0.0950. The first-order chi connectivity index (χ1) is 33.4. The summed E-state index contributed by atoms with van der Waals surface area (Å²) in [6.07, 6.45) is 8.36. The normalized spacial score (nSPS) is 21.1. The molecule has 4 fully saturated rings. The largest absolute Gasteiger partial charge is 0.465 e. The number of carbonyl (C=O) groups excluding carboxylic acids is 6. The van der Waals surface area contributed by atoms with Gasteiger partial charge in [0.2, 0.25) is 23.0 Å². The second-order valence-electron chi connectivity index (χ2n) is 21.4. The Balaban J connectivity index is 0.000000265. The third-order valence-electron chi connectivity index (χ3n) is 12.9. The van der Waals surface area contributed by atoms with Crippen LogP contribution < -0.4 is 4.90 Å². The van der Waals surface area contributed by atoms with Gasteiger partial charge in [-0.05, 0) is 147 Å². The summed E-state index contributed by atoms with van der Waals surface area (Å²) in [7, 11) is 2.69. The molecule has 0 spiro atoms. The molecule has 0 unspecified atom stereocenters. The van der Waals surface area contributed by atoms with Gasteiger partial charge in [-0.1, -0.05) is 44.5 Å². The van der Waals surface area contributed by atoms with E-state index in [1.54, 1.807) is 22.8 Å². The molecule has 2 saturated carbocycles. The molecule has 2 aliphatic heterocycles. The van der Waals surface area contributed by atoms with Gasteiger partial charge in [0, 0.05) is 54.8 Å². The molecule has 4 heterocycles. The molecule has 71 heavy (non-hydrogen) atoms. The van der Waals surface area contributed by atoms with Crippen molar-refractivity contribution in [3.05, 3.63) is 37.2 Å². The van der Waals surface area contributed by atoms with Crippen molar-refractivity contribution in [3.8, 4) is 23.7 Å². The van der Waals surface area contributed by atoms with E-state index in [1.807, 2.05) is 59.4 Å². The molecule has 0 radical (unpaired) electrons. The Hall–Kier alpha value is -4.25. The monoisotopic (exact) mass is 1040 g/mol. The lowest BCUT2D eigenvalue weighted by atomic mass is 9.82. The lowest BCUT2D eigenvalue weighted by Crippen LogP contribution is -2.54. The van der Waals surface area contributed by atoms with Gasteiger partial charge >= 0.3 is 11.9 Å². The van der Waals surface area contributed by atoms with E-state index in [2.05, 4.69) is 37.5 Å².